The summed E-state index contributed by atoms with van der Waals surface area (Å²) in [6.45, 7) is 1.85. The van der Waals surface area contributed by atoms with Crippen LogP contribution in [0.1, 0.15) is 57.8 Å². The SMILES string of the molecule is O=C(O)CCC[C@H]1CN[C@@H](CCC(=O)O)CN[C@@H](CCC(=O)O)CN[C@@H](CCC(=O)O)CN1. The van der Waals surface area contributed by atoms with Crippen LogP contribution in [0.2, 0.25) is 0 Å². The molecule has 1 fully saturated rings. The van der Waals surface area contributed by atoms with Crippen molar-refractivity contribution in [1.82, 2.24) is 21.3 Å². The molecule has 33 heavy (non-hydrogen) atoms. The lowest BCUT2D eigenvalue weighted by atomic mass is 10.0. The molecule has 0 aliphatic carbocycles. The second-order valence-corrected chi connectivity index (χ2v) is 8.50. The van der Waals surface area contributed by atoms with Gasteiger partial charge in [0.1, 0.15) is 0 Å². The molecule has 0 saturated carbocycles. The first-order chi connectivity index (χ1) is 15.7. The molecular weight excluding hydrogens is 436 g/mol. The van der Waals surface area contributed by atoms with E-state index >= 15 is 0 Å². The van der Waals surface area contributed by atoms with Crippen molar-refractivity contribution in [2.75, 3.05) is 26.2 Å². The molecule has 0 aromatic carbocycles. The number of aliphatic carboxylic acids is 4. The fourth-order valence-electron chi connectivity index (χ4n) is 3.73. The van der Waals surface area contributed by atoms with Crippen molar-refractivity contribution in [3.63, 3.8) is 0 Å². The van der Waals surface area contributed by atoms with Crippen molar-refractivity contribution >= 4 is 23.9 Å². The third kappa shape index (κ3) is 15.2. The van der Waals surface area contributed by atoms with Crippen LogP contribution in [-0.4, -0.2) is 94.6 Å². The van der Waals surface area contributed by atoms with Gasteiger partial charge in [0.05, 0.1) is 0 Å². The van der Waals surface area contributed by atoms with E-state index in [1.54, 1.807) is 0 Å². The first kappa shape index (κ1) is 28.8. The predicted molar refractivity (Wildman–Crippen MR) is 119 cm³/mol. The molecule has 0 aromatic rings. The number of rotatable bonds is 13. The van der Waals surface area contributed by atoms with E-state index in [0.717, 1.165) is 0 Å². The zero-order chi connectivity index (χ0) is 24.6. The second kappa shape index (κ2) is 16.4. The number of carbonyl (C=O) groups is 4. The molecular formula is C21H38N4O8. The number of carboxylic acid groups (broad SMARTS) is 4. The molecule has 0 bridgehead atoms. The molecule has 12 nitrogen and oxygen atoms in total. The Hall–Kier alpha value is -2.28. The van der Waals surface area contributed by atoms with Gasteiger partial charge >= 0.3 is 23.9 Å². The highest BCUT2D eigenvalue weighted by Gasteiger charge is 2.21. The minimum Gasteiger partial charge on any atom is -0.481 e. The number of nitrogens with one attached hydrogen (secondary N) is 4. The van der Waals surface area contributed by atoms with Crippen LogP contribution in [0.25, 0.3) is 0 Å². The molecule has 0 unspecified atom stereocenters. The lowest BCUT2D eigenvalue weighted by Crippen LogP contribution is -2.54. The van der Waals surface area contributed by atoms with Gasteiger partial charge < -0.3 is 41.7 Å². The van der Waals surface area contributed by atoms with E-state index in [-0.39, 0.29) is 49.9 Å². The smallest absolute Gasteiger partial charge is 0.303 e. The maximum Gasteiger partial charge on any atom is 0.303 e. The van der Waals surface area contributed by atoms with Crippen LogP contribution in [0.4, 0.5) is 0 Å². The molecule has 4 atom stereocenters. The van der Waals surface area contributed by atoms with Crippen molar-refractivity contribution in [3.05, 3.63) is 0 Å². The Balaban J connectivity index is 2.87. The van der Waals surface area contributed by atoms with Crippen molar-refractivity contribution in [3.8, 4) is 0 Å². The van der Waals surface area contributed by atoms with Gasteiger partial charge in [-0.15, -0.1) is 0 Å². The molecule has 12 heteroatoms. The first-order valence-corrected chi connectivity index (χ1v) is 11.5. The molecule has 1 aliphatic heterocycles. The monoisotopic (exact) mass is 474 g/mol. The Kier molecular flexibility index (Phi) is 14.2. The van der Waals surface area contributed by atoms with Crippen molar-refractivity contribution in [2.24, 2.45) is 0 Å². The van der Waals surface area contributed by atoms with E-state index in [2.05, 4.69) is 21.3 Å². The van der Waals surface area contributed by atoms with Crippen molar-refractivity contribution < 1.29 is 39.6 Å². The highest BCUT2D eigenvalue weighted by molar-refractivity contribution is 5.67. The highest BCUT2D eigenvalue weighted by atomic mass is 16.4. The number of hydrogen-bond acceptors (Lipinski definition) is 8. The summed E-state index contributed by atoms with van der Waals surface area (Å²) in [5, 5.41) is 49.5. The predicted octanol–water partition coefficient (Wildman–Crippen LogP) is -0.318. The van der Waals surface area contributed by atoms with Crippen LogP contribution in [-0.2, 0) is 19.2 Å². The molecule has 8 N–H and O–H groups in total. The average Bonchev–Trinajstić information content (AvgIpc) is 2.72. The maximum atomic E-state index is 11.0. The van der Waals surface area contributed by atoms with Gasteiger partial charge in [-0.1, -0.05) is 0 Å². The van der Waals surface area contributed by atoms with Gasteiger partial charge in [0.25, 0.3) is 0 Å². The third-order valence-electron chi connectivity index (χ3n) is 5.67. The lowest BCUT2D eigenvalue weighted by Gasteiger charge is -2.30. The minimum atomic E-state index is -0.906. The molecule has 0 radical (unpaired) electrons. The van der Waals surface area contributed by atoms with Crippen molar-refractivity contribution in [2.45, 2.75) is 82.0 Å². The van der Waals surface area contributed by atoms with Crippen LogP contribution in [0.3, 0.4) is 0 Å². The zero-order valence-electron chi connectivity index (χ0n) is 18.9. The van der Waals surface area contributed by atoms with Gasteiger partial charge in [0, 0.05) is 76.0 Å². The zero-order valence-corrected chi connectivity index (χ0v) is 18.9. The van der Waals surface area contributed by atoms with Crippen LogP contribution in [0.15, 0.2) is 0 Å². The summed E-state index contributed by atoms with van der Waals surface area (Å²) in [5.41, 5.74) is 0. The van der Waals surface area contributed by atoms with Crippen molar-refractivity contribution in [1.29, 1.82) is 0 Å². The first-order valence-electron chi connectivity index (χ1n) is 11.5. The number of hydrogen-bond donors (Lipinski definition) is 8. The molecule has 1 heterocycles. The largest absolute Gasteiger partial charge is 0.481 e. The number of carboxylic acids is 4. The fourth-order valence-corrected chi connectivity index (χ4v) is 3.73. The standard InChI is InChI=1S/C21H38N4O8/c26-18(27)3-1-2-14-10-23-16(5-8-20(30)31)12-25-17(6-9-21(32)33)13-24-15(11-22-14)4-7-19(28)29/h14-17,22-25H,1-13H2,(H,26,27)(H,28,29)(H,30,31)(H,32,33)/t14-,15-,16-,17-/m0/s1. The van der Waals surface area contributed by atoms with Crippen LogP contribution in [0, 0.1) is 0 Å². The molecule has 0 aromatic heterocycles. The fraction of sp³-hybridized carbons (Fsp3) is 0.810. The molecule has 0 amide bonds. The normalized spacial score (nSPS) is 24.8. The molecule has 1 rings (SSSR count). The van der Waals surface area contributed by atoms with Gasteiger partial charge in [-0.25, -0.2) is 0 Å². The van der Waals surface area contributed by atoms with E-state index in [9.17, 15) is 19.2 Å². The Labute approximate surface area is 193 Å². The Morgan fingerprint density at radius 2 is 0.758 bits per heavy atom. The van der Waals surface area contributed by atoms with E-state index < -0.39 is 23.9 Å². The molecule has 1 aliphatic rings. The minimum absolute atomic E-state index is 0.00817. The summed E-state index contributed by atoms with van der Waals surface area (Å²) in [6.07, 6.45) is 2.27. The summed E-state index contributed by atoms with van der Waals surface area (Å²) in [7, 11) is 0. The van der Waals surface area contributed by atoms with E-state index in [4.69, 9.17) is 20.4 Å². The molecule has 0 spiro atoms. The van der Waals surface area contributed by atoms with Gasteiger partial charge in [0.2, 0.25) is 0 Å². The van der Waals surface area contributed by atoms with Gasteiger partial charge in [-0.2, -0.15) is 0 Å². The van der Waals surface area contributed by atoms with E-state index in [1.165, 1.54) is 0 Å². The van der Waals surface area contributed by atoms with E-state index in [1.807, 2.05) is 0 Å². The summed E-state index contributed by atoms with van der Waals surface area (Å²) >= 11 is 0. The average molecular weight is 475 g/mol. The second-order valence-electron chi connectivity index (χ2n) is 8.50. The quantitative estimate of drug-likeness (QED) is 0.173. The topological polar surface area (TPSA) is 197 Å². The molecule has 190 valence electrons. The van der Waals surface area contributed by atoms with Gasteiger partial charge in [0.15, 0.2) is 0 Å². The molecule has 1 saturated heterocycles. The van der Waals surface area contributed by atoms with Crippen LogP contribution >= 0.6 is 0 Å². The van der Waals surface area contributed by atoms with Gasteiger partial charge in [-0.05, 0) is 32.1 Å². The Morgan fingerprint density at radius 3 is 1.03 bits per heavy atom. The maximum absolute atomic E-state index is 11.0. The highest BCUT2D eigenvalue weighted by Crippen LogP contribution is 2.07. The summed E-state index contributed by atoms with van der Waals surface area (Å²) in [4.78, 5) is 44.0. The Bertz CT molecular complexity index is 599. The third-order valence-corrected chi connectivity index (χ3v) is 5.67. The summed E-state index contributed by atoms with van der Waals surface area (Å²) in [5.74, 6) is -3.57. The van der Waals surface area contributed by atoms with Crippen LogP contribution in [0.5, 0.6) is 0 Å². The van der Waals surface area contributed by atoms with Crippen LogP contribution < -0.4 is 21.3 Å². The van der Waals surface area contributed by atoms with Gasteiger partial charge in [-0.3, -0.25) is 19.2 Å². The summed E-state index contributed by atoms with van der Waals surface area (Å²) < 4.78 is 0. The lowest BCUT2D eigenvalue weighted by molar-refractivity contribution is -0.138. The Morgan fingerprint density at radius 1 is 0.485 bits per heavy atom. The van der Waals surface area contributed by atoms with E-state index in [0.29, 0.717) is 58.3 Å². The summed E-state index contributed by atoms with van der Waals surface area (Å²) in [6, 6.07) is -0.541.